The van der Waals surface area contributed by atoms with Crippen molar-refractivity contribution in [3.63, 3.8) is 0 Å². The molecule has 1 aliphatic rings. The molecule has 7 heteroatoms. The van der Waals surface area contributed by atoms with Crippen molar-refractivity contribution in [1.82, 2.24) is 5.32 Å². The number of ether oxygens (including phenoxy) is 1. The van der Waals surface area contributed by atoms with Crippen molar-refractivity contribution < 1.29 is 17.9 Å². The number of nitrogens with two attached hydrogens (primary N) is 1. The number of carbonyl (C=O) groups excluding carboxylic acids is 1. The van der Waals surface area contributed by atoms with Crippen LogP contribution < -0.4 is 11.1 Å². The molecule has 2 atom stereocenters. The van der Waals surface area contributed by atoms with Gasteiger partial charge < -0.3 is 15.8 Å². The number of hydrogen-bond donors (Lipinski definition) is 2. The van der Waals surface area contributed by atoms with Gasteiger partial charge in [0, 0.05) is 13.1 Å². The van der Waals surface area contributed by atoms with E-state index in [0.29, 0.717) is 13.0 Å². The van der Waals surface area contributed by atoms with Gasteiger partial charge in [-0.3, -0.25) is 4.79 Å². The van der Waals surface area contributed by atoms with Crippen LogP contribution in [0.4, 0.5) is 0 Å². The minimum absolute atomic E-state index is 0.0726. The zero-order valence-electron chi connectivity index (χ0n) is 11.7. The second-order valence-electron chi connectivity index (χ2n) is 4.98. The molecule has 1 fully saturated rings. The van der Waals surface area contributed by atoms with Gasteiger partial charge in [-0.1, -0.05) is 18.2 Å². The van der Waals surface area contributed by atoms with Crippen LogP contribution in [0.1, 0.15) is 12.8 Å². The van der Waals surface area contributed by atoms with Gasteiger partial charge in [0.1, 0.15) is 6.10 Å². The van der Waals surface area contributed by atoms with Gasteiger partial charge in [-0.2, -0.15) is 0 Å². The lowest BCUT2D eigenvalue weighted by Crippen LogP contribution is -2.37. The Morgan fingerprint density at radius 1 is 1.29 bits per heavy atom. The molecule has 6 nitrogen and oxygen atoms in total. The SMILES string of the molecule is NC[C@H]1CC[C@@H](C(=O)NCCS(=O)(=O)c2ccccc2)O1. The van der Waals surface area contributed by atoms with Crippen molar-refractivity contribution in [2.24, 2.45) is 5.73 Å². The Balaban J connectivity index is 1.80. The summed E-state index contributed by atoms with van der Waals surface area (Å²) in [5.74, 6) is -0.398. The van der Waals surface area contributed by atoms with E-state index < -0.39 is 15.9 Å². The van der Waals surface area contributed by atoms with Crippen LogP contribution in [0, 0.1) is 0 Å². The third-order valence-electron chi connectivity index (χ3n) is 3.44. The highest BCUT2D eigenvalue weighted by molar-refractivity contribution is 7.91. The third-order valence-corrected chi connectivity index (χ3v) is 5.17. The first-order valence-electron chi connectivity index (χ1n) is 6.94. The molecule has 1 aromatic rings. The van der Waals surface area contributed by atoms with Crippen LogP contribution in [-0.2, 0) is 19.4 Å². The van der Waals surface area contributed by atoms with E-state index in [9.17, 15) is 13.2 Å². The summed E-state index contributed by atoms with van der Waals surface area (Å²) in [4.78, 5) is 12.1. The molecule has 2 rings (SSSR count). The average molecular weight is 312 g/mol. The van der Waals surface area contributed by atoms with E-state index in [2.05, 4.69) is 5.32 Å². The van der Waals surface area contributed by atoms with Gasteiger partial charge >= 0.3 is 0 Å². The summed E-state index contributed by atoms with van der Waals surface area (Å²) >= 11 is 0. The Hall–Kier alpha value is -1.44. The molecule has 21 heavy (non-hydrogen) atoms. The first kappa shape index (κ1) is 15.9. The van der Waals surface area contributed by atoms with E-state index in [1.165, 1.54) is 0 Å². The summed E-state index contributed by atoms with van der Waals surface area (Å²) in [6.45, 7) is 0.468. The summed E-state index contributed by atoms with van der Waals surface area (Å²) < 4.78 is 29.5. The van der Waals surface area contributed by atoms with Gasteiger partial charge in [-0.15, -0.1) is 0 Å². The standard InChI is InChI=1S/C14H20N2O4S/c15-10-11-6-7-13(20-11)14(17)16-8-9-21(18,19)12-4-2-1-3-5-12/h1-5,11,13H,6-10,15H2,(H,16,17)/t11-,13+/m1/s1. The van der Waals surface area contributed by atoms with Gasteiger partial charge in [0.05, 0.1) is 16.8 Å². The molecule has 0 unspecified atom stereocenters. The number of nitrogens with one attached hydrogen (secondary N) is 1. The molecule has 1 aromatic carbocycles. The van der Waals surface area contributed by atoms with E-state index >= 15 is 0 Å². The van der Waals surface area contributed by atoms with Crippen LogP contribution in [0.5, 0.6) is 0 Å². The largest absolute Gasteiger partial charge is 0.364 e. The van der Waals surface area contributed by atoms with Crippen molar-refractivity contribution in [3.8, 4) is 0 Å². The third kappa shape index (κ3) is 4.26. The maximum atomic E-state index is 12.0. The molecular weight excluding hydrogens is 292 g/mol. The van der Waals surface area contributed by atoms with Crippen molar-refractivity contribution in [2.45, 2.75) is 29.9 Å². The second-order valence-corrected chi connectivity index (χ2v) is 7.09. The lowest BCUT2D eigenvalue weighted by molar-refractivity contribution is -0.131. The van der Waals surface area contributed by atoms with Crippen LogP contribution >= 0.6 is 0 Å². The number of rotatable bonds is 6. The first-order valence-corrected chi connectivity index (χ1v) is 8.59. The van der Waals surface area contributed by atoms with E-state index in [1.807, 2.05) is 0 Å². The Morgan fingerprint density at radius 2 is 2.00 bits per heavy atom. The molecule has 0 saturated carbocycles. The molecule has 1 saturated heterocycles. The normalized spacial score (nSPS) is 22.1. The molecule has 0 spiro atoms. The fourth-order valence-electron chi connectivity index (χ4n) is 2.24. The molecule has 3 N–H and O–H groups in total. The van der Waals surface area contributed by atoms with Crippen molar-refractivity contribution in [3.05, 3.63) is 30.3 Å². The quantitative estimate of drug-likeness (QED) is 0.775. The number of benzene rings is 1. The van der Waals surface area contributed by atoms with E-state index in [1.54, 1.807) is 30.3 Å². The Bertz CT molecular complexity index is 574. The molecule has 1 heterocycles. The van der Waals surface area contributed by atoms with E-state index in [0.717, 1.165) is 6.42 Å². The van der Waals surface area contributed by atoms with E-state index in [-0.39, 0.29) is 29.2 Å². The summed E-state index contributed by atoms with van der Waals surface area (Å²) in [5.41, 5.74) is 5.48. The predicted octanol–water partition coefficient (Wildman–Crippen LogP) is 0.0828. The predicted molar refractivity (Wildman–Crippen MR) is 78.5 cm³/mol. The molecule has 0 bridgehead atoms. The monoisotopic (exact) mass is 312 g/mol. The van der Waals surface area contributed by atoms with Crippen LogP contribution in [-0.4, -0.2) is 45.4 Å². The number of hydrogen-bond acceptors (Lipinski definition) is 5. The minimum Gasteiger partial charge on any atom is -0.364 e. The number of sulfone groups is 1. The fraction of sp³-hybridized carbons (Fsp3) is 0.500. The lowest BCUT2D eigenvalue weighted by Gasteiger charge is -2.12. The van der Waals surface area contributed by atoms with Gasteiger partial charge in [-0.05, 0) is 25.0 Å². The highest BCUT2D eigenvalue weighted by Crippen LogP contribution is 2.18. The number of carbonyl (C=O) groups is 1. The molecule has 0 aromatic heterocycles. The van der Waals surface area contributed by atoms with Crippen LogP contribution in [0.25, 0.3) is 0 Å². The summed E-state index contributed by atoms with van der Waals surface area (Å²) in [7, 11) is -3.37. The molecule has 0 radical (unpaired) electrons. The van der Waals surface area contributed by atoms with E-state index in [4.69, 9.17) is 10.5 Å². The smallest absolute Gasteiger partial charge is 0.249 e. The second kappa shape index (κ2) is 7.02. The average Bonchev–Trinajstić information content (AvgIpc) is 2.97. The maximum Gasteiger partial charge on any atom is 0.249 e. The maximum absolute atomic E-state index is 12.0. The Labute approximate surface area is 124 Å². The first-order chi connectivity index (χ1) is 10.0. The van der Waals surface area contributed by atoms with Gasteiger partial charge in [-0.25, -0.2) is 8.42 Å². The lowest BCUT2D eigenvalue weighted by atomic mass is 10.2. The Kier molecular flexibility index (Phi) is 5.33. The van der Waals surface area contributed by atoms with Crippen LogP contribution in [0.3, 0.4) is 0 Å². The summed E-state index contributed by atoms with van der Waals surface area (Å²) in [6.07, 6.45) is 0.794. The molecule has 116 valence electrons. The summed E-state index contributed by atoms with van der Waals surface area (Å²) in [6, 6.07) is 8.19. The highest BCUT2D eigenvalue weighted by Gasteiger charge is 2.29. The van der Waals surface area contributed by atoms with Crippen molar-refractivity contribution in [1.29, 1.82) is 0 Å². The molecule has 1 aliphatic heterocycles. The zero-order chi connectivity index (χ0) is 15.3. The number of amides is 1. The van der Waals surface area contributed by atoms with Crippen molar-refractivity contribution in [2.75, 3.05) is 18.8 Å². The van der Waals surface area contributed by atoms with Gasteiger partial charge in [0.25, 0.3) is 0 Å². The topological polar surface area (TPSA) is 98.5 Å². The molecular formula is C14H20N2O4S. The highest BCUT2D eigenvalue weighted by atomic mass is 32.2. The van der Waals surface area contributed by atoms with Crippen LogP contribution in [0.15, 0.2) is 35.2 Å². The molecule has 1 amide bonds. The molecule has 0 aliphatic carbocycles. The zero-order valence-corrected chi connectivity index (χ0v) is 12.5. The van der Waals surface area contributed by atoms with Gasteiger partial charge in [0.2, 0.25) is 5.91 Å². The van der Waals surface area contributed by atoms with Crippen molar-refractivity contribution >= 4 is 15.7 Å². The fourth-order valence-corrected chi connectivity index (χ4v) is 3.42. The summed E-state index contributed by atoms with van der Waals surface area (Å²) in [5, 5.41) is 2.61. The minimum atomic E-state index is -3.37. The van der Waals surface area contributed by atoms with Gasteiger partial charge in [0.15, 0.2) is 9.84 Å². The van der Waals surface area contributed by atoms with Crippen LogP contribution in [0.2, 0.25) is 0 Å². The Morgan fingerprint density at radius 3 is 2.62 bits per heavy atom.